The maximum Gasteiger partial charge on any atom is 0.472 e. The second-order valence-electron chi connectivity index (χ2n) is 21.5. The number of nitrogens with one attached hydrogen (secondary N) is 1. The zero-order valence-electron chi connectivity index (χ0n) is 47.5. The molecule has 0 bridgehead atoms. The highest BCUT2D eigenvalue weighted by molar-refractivity contribution is 7.47. The summed E-state index contributed by atoms with van der Waals surface area (Å²) in [6.45, 7) is 6.98. The molecule has 10 heteroatoms. The van der Waals surface area contributed by atoms with Gasteiger partial charge in [-0.15, -0.1) is 0 Å². The number of allylic oxidation sites excluding steroid dienone is 7. The monoisotopic (exact) mass is 1020 g/mol. The Morgan fingerprint density at radius 2 is 0.859 bits per heavy atom. The number of phosphoric ester groups is 1. The zero-order valence-corrected chi connectivity index (χ0v) is 48.4. The molecule has 71 heavy (non-hydrogen) atoms. The second kappa shape index (κ2) is 51.5. The fourth-order valence-electron chi connectivity index (χ4n) is 8.57. The first-order valence-electron chi connectivity index (χ1n) is 30.0. The van der Waals surface area contributed by atoms with E-state index in [0.29, 0.717) is 17.4 Å². The molecule has 9 nitrogen and oxygen atoms in total. The average molecular weight is 1020 g/mol. The number of hydrogen-bond donors (Lipinski definition) is 2. The number of rotatable bonds is 54. The molecule has 0 rings (SSSR count). The van der Waals surface area contributed by atoms with E-state index in [2.05, 4.69) is 62.5 Å². The number of unbranched alkanes of at least 4 members (excludes halogenated alkanes) is 33. The molecule has 0 aliphatic carbocycles. The van der Waals surface area contributed by atoms with E-state index in [-0.39, 0.29) is 31.5 Å². The Labute approximate surface area is 439 Å². The van der Waals surface area contributed by atoms with Gasteiger partial charge >= 0.3 is 13.8 Å². The van der Waals surface area contributed by atoms with E-state index in [1.54, 1.807) is 0 Å². The molecule has 416 valence electrons. The third kappa shape index (κ3) is 52.6. The second-order valence-corrected chi connectivity index (χ2v) is 23.0. The van der Waals surface area contributed by atoms with Crippen molar-refractivity contribution < 1.29 is 37.3 Å². The Morgan fingerprint density at radius 3 is 1.31 bits per heavy atom. The zero-order chi connectivity index (χ0) is 52.2. The highest BCUT2D eigenvalue weighted by Gasteiger charge is 2.30. The van der Waals surface area contributed by atoms with E-state index in [9.17, 15) is 19.0 Å². The molecule has 3 atom stereocenters. The van der Waals surface area contributed by atoms with Gasteiger partial charge in [-0.05, 0) is 83.1 Å². The highest BCUT2D eigenvalue weighted by atomic mass is 31.2. The summed E-state index contributed by atoms with van der Waals surface area (Å²) in [4.78, 5) is 37.6. The minimum Gasteiger partial charge on any atom is -0.456 e. The number of esters is 1. The van der Waals surface area contributed by atoms with Crippen LogP contribution < -0.4 is 5.32 Å². The van der Waals surface area contributed by atoms with Crippen molar-refractivity contribution >= 4 is 19.7 Å². The van der Waals surface area contributed by atoms with Crippen molar-refractivity contribution in [1.82, 2.24) is 5.32 Å². The Balaban J connectivity index is 5.35. The summed E-state index contributed by atoms with van der Waals surface area (Å²) in [7, 11) is 1.49. The number of likely N-dealkylation sites (N-methyl/N-ethyl adjacent to an activating group) is 1. The first-order valence-corrected chi connectivity index (χ1v) is 31.5. The van der Waals surface area contributed by atoms with Crippen molar-refractivity contribution in [2.45, 2.75) is 290 Å². The summed E-state index contributed by atoms with van der Waals surface area (Å²) in [5, 5.41) is 3.05. The Kier molecular flexibility index (Phi) is 50.0. The Bertz CT molecular complexity index is 1360. The van der Waals surface area contributed by atoms with Gasteiger partial charge in [0.2, 0.25) is 5.91 Å². The number of phosphoric acid groups is 1. The summed E-state index contributed by atoms with van der Waals surface area (Å²) in [5.74, 6) is -0.517. The fourth-order valence-corrected chi connectivity index (χ4v) is 9.31. The lowest BCUT2D eigenvalue weighted by molar-refractivity contribution is -0.870. The van der Waals surface area contributed by atoms with E-state index in [1.165, 1.54) is 167 Å². The van der Waals surface area contributed by atoms with Gasteiger partial charge in [0, 0.05) is 12.8 Å². The van der Waals surface area contributed by atoms with Crippen molar-refractivity contribution in [2.24, 2.45) is 0 Å². The molecular formula is C61H116N2O7P+. The molecule has 2 N–H and O–H groups in total. The maximum absolute atomic E-state index is 13.5. The largest absolute Gasteiger partial charge is 0.472 e. The molecule has 0 saturated heterocycles. The molecule has 0 saturated carbocycles. The van der Waals surface area contributed by atoms with Crippen LogP contribution in [0.25, 0.3) is 0 Å². The lowest BCUT2D eigenvalue weighted by atomic mass is 10.0. The summed E-state index contributed by atoms with van der Waals surface area (Å²) >= 11 is 0. The van der Waals surface area contributed by atoms with Gasteiger partial charge in [-0.1, -0.05) is 230 Å². The lowest BCUT2D eigenvalue weighted by Crippen LogP contribution is -2.47. The molecule has 0 aromatic heterocycles. The molecule has 0 aromatic rings. The minimum atomic E-state index is -4.45. The van der Waals surface area contributed by atoms with Gasteiger partial charge in [0.1, 0.15) is 19.3 Å². The van der Waals surface area contributed by atoms with Gasteiger partial charge in [-0.25, -0.2) is 4.57 Å². The SMILES string of the molecule is CCCCC/C=C/C=C/CCCCCCCCC(=O)NC(COP(=O)(O)OCC[N+](C)(C)C)C(/C=C/CCCCCCCCCCCCC)OC(=O)CCCCCCCCC/C=C/CCCCCCCC. The van der Waals surface area contributed by atoms with Crippen LogP contribution in [0.15, 0.2) is 48.6 Å². The van der Waals surface area contributed by atoms with Crippen molar-refractivity contribution in [1.29, 1.82) is 0 Å². The molecule has 0 aliphatic heterocycles. The predicted molar refractivity (Wildman–Crippen MR) is 305 cm³/mol. The van der Waals surface area contributed by atoms with E-state index >= 15 is 0 Å². The molecule has 3 unspecified atom stereocenters. The van der Waals surface area contributed by atoms with Crippen LogP contribution >= 0.6 is 7.82 Å². The normalized spacial score (nSPS) is 14.1. The van der Waals surface area contributed by atoms with Gasteiger partial charge in [-0.3, -0.25) is 18.6 Å². The number of ether oxygens (including phenoxy) is 1. The summed E-state index contributed by atoms with van der Waals surface area (Å²) in [5.41, 5.74) is 0. The number of carbonyl (C=O) groups excluding carboxylic acids is 2. The van der Waals surface area contributed by atoms with Crippen LogP contribution in [0.1, 0.15) is 278 Å². The van der Waals surface area contributed by atoms with E-state index in [0.717, 1.165) is 77.0 Å². The average Bonchev–Trinajstić information content (AvgIpc) is 3.33. The summed E-state index contributed by atoms with van der Waals surface area (Å²) in [6, 6.07) is -0.855. The summed E-state index contributed by atoms with van der Waals surface area (Å²) in [6.07, 6.45) is 62.4. The molecule has 1 amide bonds. The molecule has 0 aromatic carbocycles. The Morgan fingerprint density at radius 1 is 0.493 bits per heavy atom. The van der Waals surface area contributed by atoms with E-state index in [1.807, 2.05) is 33.3 Å². The lowest BCUT2D eigenvalue weighted by Gasteiger charge is -2.27. The maximum atomic E-state index is 13.5. The van der Waals surface area contributed by atoms with E-state index < -0.39 is 20.0 Å². The van der Waals surface area contributed by atoms with Crippen LogP contribution in [0.5, 0.6) is 0 Å². The van der Waals surface area contributed by atoms with Crippen LogP contribution in [0.2, 0.25) is 0 Å². The quantitative estimate of drug-likeness (QED) is 0.0156. The van der Waals surface area contributed by atoms with Gasteiger partial charge in [0.05, 0.1) is 33.8 Å². The van der Waals surface area contributed by atoms with Crippen molar-refractivity contribution in [3.8, 4) is 0 Å². The van der Waals surface area contributed by atoms with Crippen LogP contribution in [0.4, 0.5) is 0 Å². The minimum absolute atomic E-state index is 0.0372. The van der Waals surface area contributed by atoms with Gasteiger partial charge in [0.15, 0.2) is 0 Å². The standard InChI is InChI=1S/C61H115N2O7P/c1-7-10-13-16-19-22-25-28-30-31-33-36-39-42-45-48-51-54-61(65)70-59(52-49-46-43-40-37-34-27-24-21-18-15-12-9-3)58(57-69-71(66,67)68-56-55-63(4,5)6)62-60(64)53-50-47-44-41-38-35-32-29-26-23-20-17-14-11-8-2/h20,23,26,28-30,49,52,58-59H,7-19,21-22,24-25,27,31-48,50-51,53-57H2,1-6H3,(H-,62,64,66,67)/p+1/b23-20+,29-26+,30-28+,52-49+. The van der Waals surface area contributed by atoms with Gasteiger partial charge in [0.25, 0.3) is 0 Å². The molecule has 0 fully saturated rings. The molecule has 0 radical (unpaired) electrons. The van der Waals surface area contributed by atoms with Crippen LogP contribution in [0, 0.1) is 0 Å². The van der Waals surface area contributed by atoms with Crippen LogP contribution in [-0.2, 0) is 27.9 Å². The van der Waals surface area contributed by atoms with Crippen molar-refractivity contribution in [3.05, 3.63) is 48.6 Å². The van der Waals surface area contributed by atoms with Crippen molar-refractivity contribution in [2.75, 3.05) is 40.9 Å². The Hall–Kier alpha value is -2.03. The fraction of sp³-hybridized carbons (Fsp3) is 0.836. The number of hydrogen-bond acceptors (Lipinski definition) is 6. The van der Waals surface area contributed by atoms with E-state index in [4.69, 9.17) is 13.8 Å². The smallest absolute Gasteiger partial charge is 0.456 e. The molecular weight excluding hydrogens is 904 g/mol. The third-order valence-corrected chi connectivity index (χ3v) is 14.3. The summed E-state index contributed by atoms with van der Waals surface area (Å²) < 4.78 is 30.7. The van der Waals surface area contributed by atoms with Gasteiger partial charge < -0.3 is 19.4 Å². The first-order chi connectivity index (χ1) is 34.4. The van der Waals surface area contributed by atoms with Crippen LogP contribution in [-0.4, -0.2) is 74.3 Å². The third-order valence-electron chi connectivity index (χ3n) is 13.3. The van der Waals surface area contributed by atoms with Crippen molar-refractivity contribution in [3.63, 3.8) is 0 Å². The van der Waals surface area contributed by atoms with Crippen LogP contribution in [0.3, 0.4) is 0 Å². The number of quaternary nitrogens is 1. The van der Waals surface area contributed by atoms with Gasteiger partial charge in [-0.2, -0.15) is 0 Å². The molecule has 0 heterocycles. The first kappa shape index (κ1) is 69.0. The number of nitrogens with zero attached hydrogens (tertiary/aromatic N) is 1. The number of carbonyl (C=O) groups is 2. The molecule has 0 spiro atoms. The predicted octanol–water partition coefficient (Wildman–Crippen LogP) is 18.1. The molecule has 0 aliphatic rings. The number of amides is 1. The highest BCUT2D eigenvalue weighted by Crippen LogP contribution is 2.43. The topological polar surface area (TPSA) is 111 Å².